The van der Waals surface area contributed by atoms with Crippen LogP contribution in [-0.2, 0) is 16.1 Å². The van der Waals surface area contributed by atoms with E-state index in [1.807, 2.05) is 11.0 Å². The van der Waals surface area contributed by atoms with Crippen molar-refractivity contribution in [1.82, 2.24) is 20.9 Å². The summed E-state index contributed by atoms with van der Waals surface area (Å²) in [5.41, 5.74) is 0. The maximum absolute atomic E-state index is 12.7. The number of furan rings is 1. The number of nitrogens with one attached hydrogen (secondary N) is 3. The van der Waals surface area contributed by atoms with E-state index in [1.165, 1.54) is 19.3 Å². The molecule has 162 valence electrons. The fourth-order valence-corrected chi connectivity index (χ4v) is 3.90. The van der Waals surface area contributed by atoms with Crippen LogP contribution in [0.2, 0.25) is 0 Å². The zero-order valence-corrected chi connectivity index (χ0v) is 19.3. The van der Waals surface area contributed by atoms with Crippen molar-refractivity contribution in [2.24, 2.45) is 10.9 Å². The van der Waals surface area contributed by atoms with Gasteiger partial charge in [0.1, 0.15) is 5.76 Å². The third kappa shape index (κ3) is 7.20. The fourth-order valence-electron chi connectivity index (χ4n) is 3.90. The third-order valence-electron chi connectivity index (χ3n) is 5.48. The summed E-state index contributed by atoms with van der Waals surface area (Å²) in [4.78, 5) is 30.8. The number of hydrogen-bond donors (Lipinski definition) is 3. The van der Waals surface area contributed by atoms with E-state index in [4.69, 9.17) is 4.42 Å². The van der Waals surface area contributed by atoms with E-state index in [1.54, 1.807) is 19.4 Å². The highest BCUT2D eigenvalue weighted by atomic mass is 127. The van der Waals surface area contributed by atoms with Gasteiger partial charge in [0.05, 0.1) is 19.4 Å². The lowest BCUT2D eigenvalue weighted by molar-refractivity contribution is -0.135. The van der Waals surface area contributed by atoms with Gasteiger partial charge in [-0.3, -0.25) is 14.6 Å². The molecule has 1 aliphatic carbocycles. The topological polar surface area (TPSA) is 99.0 Å². The van der Waals surface area contributed by atoms with Crippen LogP contribution >= 0.6 is 24.0 Å². The van der Waals surface area contributed by atoms with Gasteiger partial charge in [0.25, 0.3) is 0 Å². The first kappa shape index (κ1) is 23.5. The average Bonchev–Trinajstić information content (AvgIpc) is 3.41. The van der Waals surface area contributed by atoms with Gasteiger partial charge in [0.15, 0.2) is 5.96 Å². The van der Waals surface area contributed by atoms with Crippen LogP contribution < -0.4 is 16.0 Å². The lowest BCUT2D eigenvalue weighted by atomic mass is 9.88. The smallest absolute Gasteiger partial charge is 0.239 e. The van der Waals surface area contributed by atoms with E-state index in [0.29, 0.717) is 30.7 Å². The molecule has 1 saturated heterocycles. The number of carbonyl (C=O) groups is 2. The number of carbonyl (C=O) groups excluding carboxylic acids is 2. The molecule has 1 aromatic heterocycles. The van der Waals surface area contributed by atoms with Gasteiger partial charge in [-0.2, -0.15) is 0 Å². The normalized spacial score (nSPS) is 20.1. The molecule has 2 aliphatic rings. The van der Waals surface area contributed by atoms with Gasteiger partial charge >= 0.3 is 0 Å². The molecule has 1 atom stereocenters. The molecule has 3 rings (SSSR count). The van der Waals surface area contributed by atoms with Crippen LogP contribution in [0.5, 0.6) is 0 Å². The highest BCUT2D eigenvalue weighted by Gasteiger charge is 2.31. The summed E-state index contributed by atoms with van der Waals surface area (Å²) < 4.78 is 5.19. The van der Waals surface area contributed by atoms with Crippen molar-refractivity contribution in [1.29, 1.82) is 0 Å². The third-order valence-corrected chi connectivity index (χ3v) is 5.48. The SMILES string of the molecule is CN=C(NCC(=O)NCc1ccco1)NC1CCN(C(=O)C2CCCCC2)C1.I. The lowest BCUT2D eigenvalue weighted by Crippen LogP contribution is -2.48. The molecule has 1 saturated carbocycles. The van der Waals surface area contributed by atoms with Gasteiger partial charge < -0.3 is 25.3 Å². The number of likely N-dealkylation sites (tertiary alicyclic amines) is 1. The number of aliphatic imine (C=N–C) groups is 1. The molecule has 2 fully saturated rings. The van der Waals surface area contributed by atoms with Gasteiger partial charge in [-0.05, 0) is 31.4 Å². The molecule has 0 aromatic carbocycles. The Bertz CT molecular complexity index is 674. The predicted molar refractivity (Wildman–Crippen MR) is 122 cm³/mol. The molecule has 29 heavy (non-hydrogen) atoms. The maximum Gasteiger partial charge on any atom is 0.239 e. The van der Waals surface area contributed by atoms with Crippen molar-refractivity contribution in [2.75, 3.05) is 26.7 Å². The predicted octanol–water partition coefficient (Wildman–Crippen LogP) is 1.86. The standard InChI is InChI=1S/C20H31N5O3.HI/c1-21-20(23-13-18(26)22-12-17-8-5-11-28-17)24-16-9-10-25(14-16)19(27)15-6-3-2-4-7-15;/h5,8,11,15-16H,2-4,6-7,9-10,12-14H2,1H3,(H,22,26)(H2,21,23,24);1H. The van der Waals surface area contributed by atoms with Crippen molar-refractivity contribution in [3.8, 4) is 0 Å². The zero-order chi connectivity index (χ0) is 19.8. The van der Waals surface area contributed by atoms with E-state index >= 15 is 0 Å². The molecule has 1 aliphatic heterocycles. The summed E-state index contributed by atoms with van der Waals surface area (Å²) in [5.74, 6) is 1.67. The molecule has 2 heterocycles. The second-order valence-corrected chi connectivity index (χ2v) is 7.53. The number of halogens is 1. The Morgan fingerprint density at radius 1 is 1.21 bits per heavy atom. The summed E-state index contributed by atoms with van der Waals surface area (Å²) >= 11 is 0. The van der Waals surface area contributed by atoms with E-state index in [0.717, 1.165) is 25.8 Å². The zero-order valence-electron chi connectivity index (χ0n) is 17.0. The Balaban J connectivity index is 0.00000300. The summed E-state index contributed by atoms with van der Waals surface area (Å²) in [6.45, 7) is 1.96. The van der Waals surface area contributed by atoms with Crippen molar-refractivity contribution in [3.05, 3.63) is 24.2 Å². The number of nitrogens with zero attached hydrogens (tertiary/aromatic N) is 2. The number of amides is 2. The van der Waals surface area contributed by atoms with Crippen molar-refractivity contribution in [3.63, 3.8) is 0 Å². The van der Waals surface area contributed by atoms with Gasteiger partial charge in [-0.25, -0.2) is 0 Å². The molecule has 8 nitrogen and oxygen atoms in total. The van der Waals surface area contributed by atoms with E-state index in [2.05, 4.69) is 20.9 Å². The molecule has 2 amide bonds. The summed E-state index contributed by atoms with van der Waals surface area (Å²) in [6, 6.07) is 3.76. The molecule has 0 spiro atoms. The van der Waals surface area contributed by atoms with Crippen molar-refractivity contribution in [2.45, 2.75) is 51.1 Å². The minimum Gasteiger partial charge on any atom is -0.467 e. The largest absolute Gasteiger partial charge is 0.467 e. The van der Waals surface area contributed by atoms with E-state index < -0.39 is 0 Å². The molecule has 0 bridgehead atoms. The summed E-state index contributed by atoms with van der Waals surface area (Å²) in [6.07, 6.45) is 8.13. The molecular formula is C20H32IN5O3. The molecule has 0 radical (unpaired) electrons. The molecule has 9 heteroatoms. The van der Waals surface area contributed by atoms with Crippen LogP contribution in [0.3, 0.4) is 0 Å². The van der Waals surface area contributed by atoms with Crippen molar-refractivity contribution >= 4 is 41.8 Å². The first-order valence-corrected chi connectivity index (χ1v) is 10.2. The van der Waals surface area contributed by atoms with E-state index in [-0.39, 0.29) is 48.4 Å². The monoisotopic (exact) mass is 517 g/mol. The quantitative estimate of drug-likeness (QED) is 0.304. The molecule has 1 aromatic rings. The lowest BCUT2D eigenvalue weighted by Gasteiger charge is -2.26. The van der Waals surface area contributed by atoms with Gasteiger partial charge in [0, 0.05) is 32.1 Å². The first-order valence-electron chi connectivity index (χ1n) is 10.2. The van der Waals surface area contributed by atoms with Crippen LogP contribution in [0, 0.1) is 5.92 Å². The van der Waals surface area contributed by atoms with Crippen LogP contribution in [0.25, 0.3) is 0 Å². The van der Waals surface area contributed by atoms with Gasteiger partial charge in [0.2, 0.25) is 11.8 Å². The van der Waals surface area contributed by atoms with Crippen LogP contribution in [0.15, 0.2) is 27.8 Å². The van der Waals surface area contributed by atoms with E-state index in [9.17, 15) is 9.59 Å². The van der Waals surface area contributed by atoms with Gasteiger partial charge in [-0.15, -0.1) is 24.0 Å². The van der Waals surface area contributed by atoms with Crippen molar-refractivity contribution < 1.29 is 14.0 Å². The second kappa shape index (κ2) is 12.0. The fraction of sp³-hybridized carbons (Fsp3) is 0.650. The Morgan fingerprint density at radius 3 is 2.69 bits per heavy atom. The Labute approximate surface area is 189 Å². The Morgan fingerprint density at radius 2 is 2.00 bits per heavy atom. The summed E-state index contributed by atoms with van der Waals surface area (Å²) in [7, 11) is 1.68. The first-order chi connectivity index (χ1) is 13.7. The molecule has 3 N–H and O–H groups in total. The number of hydrogen-bond acceptors (Lipinski definition) is 4. The highest BCUT2D eigenvalue weighted by molar-refractivity contribution is 14.0. The van der Waals surface area contributed by atoms with Gasteiger partial charge in [-0.1, -0.05) is 19.3 Å². The number of guanidine groups is 1. The Kier molecular flexibility index (Phi) is 9.75. The Hall–Kier alpha value is -1.78. The minimum atomic E-state index is -0.139. The van der Waals surface area contributed by atoms with Crippen LogP contribution in [0.4, 0.5) is 0 Å². The average molecular weight is 517 g/mol. The maximum atomic E-state index is 12.7. The second-order valence-electron chi connectivity index (χ2n) is 7.53. The molecule has 1 unspecified atom stereocenters. The molecular weight excluding hydrogens is 485 g/mol. The number of rotatable bonds is 6. The highest BCUT2D eigenvalue weighted by Crippen LogP contribution is 2.26. The minimum absolute atomic E-state index is 0. The van der Waals surface area contributed by atoms with Crippen LogP contribution in [-0.4, -0.2) is 55.4 Å². The van der Waals surface area contributed by atoms with Crippen LogP contribution in [0.1, 0.15) is 44.3 Å². The summed E-state index contributed by atoms with van der Waals surface area (Å²) in [5, 5.41) is 9.14.